The van der Waals surface area contributed by atoms with Gasteiger partial charge in [0.25, 0.3) is 0 Å². The van der Waals surface area contributed by atoms with Gasteiger partial charge < -0.3 is 5.21 Å². The molecule has 0 spiro atoms. The van der Waals surface area contributed by atoms with Crippen LogP contribution in [-0.2, 0) is 0 Å². The summed E-state index contributed by atoms with van der Waals surface area (Å²) in [6, 6.07) is 0. The van der Waals surface area contributed by atoms with Crippen LogP contribution in [0, 0.1) is 0 Å². The van der Waals surface area contributed by atoms with E-state index in [0.717, 1.165) is 18.6 Å². The molecule has 0 saturated heterocycles. The second kappa shape index (κ2) is 7.58. The Hall–Kier alpha value is -0.530. The molecule has 2 heteroatoms. The van der Waals surface area contributed by atoms with Crippen molar-refractivity contribution in [2.75, 3.05) is 0 Å². The van der Waals surface area contributed by atoms with Crippen molar-refractivity contribution in [2.24, 2.45) is 5.16 Å². The van der Waals surface area contributed by atoms with Crippen molar-refractivity contribution >= 4 is 5.71 Å². The molecule has 0 fully saturated rings. The Morgan fingerprint density at radius 3 is 2.36 bits per heavy atom. The molecule has 0 unspecified atom stereocenters. The first-order valence-electron chi connectivity index (χ1n) is 4.54. The Morgan fingerprint density at radius 1 is 1.18 bits per heavy atom. The lowest BCUT2D eigenvalue weighted by atomic mass is 10.1. The molecule has 66 valence electrons. The molecule has 0 rings (SSSR count). The van der Waals surface area contributed by atoms with Gasteiger partial charge in [-0.25, -0.2) is 0 Å². The van der Waals surface area contributed by atoms with Crippen LogP contribution < -0.4 is 0 Å². The highest BCUT2D eigenvalue weighted by atomic mass is 16.4. The van der Waals surface area contributed by atoms with E-state index in [9.17, 15) is 0 Å². The Kier molecular flexibility index (Phi) is 7.21. The molecule has 0 amide bonds. The average Bonchev–Trinajstić information content (AvgIpc) is 2.05. The molecule has 11 heavy (non-hydrogen) atoms. The summed E-state index contributed by atoms with van der Waals surface area (Å²) in [5, 5.41) is 11.7. The fourth-order valence-corrected chi connectivity index (χ4v) is 1.05. The van der Waals surface area contributed by atoms with Crippen LogP contribution in [0.1, 0.15) is 52.4 Å². The summed E-state index contributed by atoms with van der Waals surface area (Å²) in [7, 11) is 0. The molecule has 0 aliphatic heterocycles. The molecule has 0 aliphatic carbocycles. The van der Waals surface area contributed by atoms with Gasteiger partial charge in [0.1, 0.15) is 0 Å². The van der Waals surface area contributed by atoms with Gasteiger partial charge in [-0.05, 0) is 19.3 Å². The van der Waals surface area contributed by atoms with E-state index in [2.05, 4.69) is 12.1 Å². The Morgan fingerprint density at radius 2 is 1.91 bits per heavy atom. The summed E-state index contributed by atoms with van der Waals surface area (Å²) in [5.41, 5.74) is 0.932. The van der Waals surface area contributed by atoms with Crippen molar-refractivity contribution in [2.45, 2.75) is 52.4 Å². The van der Waals surface area contributed by atoms with E-state index < -0.39 is 0 Å². The molecule has 0 bridgehead atoms. The Labute approximate surface area is 69.3 Å². The zero-order valence-electron chi connectivity index (χ0n) is 7.64. The van der Waals surface area contributed by atoms with Crippen LogP contribution in [0.15, 0.2) is 5.16 Å². The van der Waals surface area contributed by atoms with Crippen LogP contribution >= 0.6 is 0 Å². The standard InChI is InChI=1S/C9H19NO/c1-3-5-6-7-8-9(4-2)10-11/h11H,3-8H2,1-2H3/b10-9-. The van der Waals surface area contributed by atoms with Gasteiger partial charge in [0, 0.05) is 0 Å². The zero-order valence-corrected chi connectivity index (χ0v) is 7.64. The molecule has 0 heterocycles. The Bertz CT molecular complexity index is 110. The van der Waals surface area contributed by atoms with Crippen molar-refractivity contribution < 1.29 is 5.21 Å². The molecule has 2 nitrogen and oxygen atoms in total. The van der Waals surface area contributed by atoms with E-state index in [1.807, 2.05) is 6.92 Å². The number of rotatable bonds is 6. The molecule has 0 atom stereocenters. The monoisotopic (exact) mass is 157 g/mol. The molecule has 0 aliphatic rings. The van der Waals surface area contributed by atoms with Gasteiger partial charge in [-0.15, -0.1) is 0 Å². The minimum Gasteiger partial charge on any atom is -0.411 e. The van der Waals surface area contributed by atoms with Gasteiger partial charge in [-0.3, -0.25) is 0 Å². The highest BCUT2D eigenvalue weighted by molar-refractivity contribution is 5.83. The second-order valence-electron chi connectivity index (χ2n) is 2.83. The van der Waals surface area contributed by atoms with Gasteiger partial charge >= 0.3 is 0 Å². The fourth-order valence-electron chi connectivity index (χ4n) is 1.05. The minimum atomic E-state index is 0.878. The average molecular weight is 157 g/mol. The molecule has 1 N–H and O–H groups in total. The summed E-state index contributed by atoms with van der Waals surface area (Å²) in [5.74, 6) is 0. The third kappa shape index (κ3) is 5.89. The highest BCUT2D eigenvalue weighted by Gasteiger charge is 1.95. The lowest BCUT2D eigenvalue weighted by molar-refractivity contribution is 0.316. The lowest BCUT2D eigenvalue weighted by Crippen LogP contribution is -1.95. The van der Waals surface area contributed by atoms with Crippen LogP contribution in [0.25, 0.3) is 0 Å². The van der Waals surface area contributed by atoms with Crippen molar-refractivity contribution in [3.05, 3.63) is 0 Å². The molecule has 0 aromatic carbocycles. The first kappa shape index (κ1) is 10.5. The first-order valence-corrected chi connectivity index (χ1v) is 4.54. The van der Waals surface area contributed by atoms with Gasteiger partial charge in [-0.1, -0.05) is 38.3 Å². The summed E-state index contributed by atoms with van der Waals surface area (Å²) < 4.78 is 0. The van der Waals surface area contributed by atoms with Gasteiger partial charge in [-0.2, -0.15) is 0 Å². The maximum Gasteiger partial charge on any atom is 0.0568 e. The fraction of sp³-hybridized carbons (Fsp3) is 0.889. The number of nitrogens with zero attached hydrogens (tertiary/aromatic N) is 1. The molecule has 0 aromatic rings. The van der Waals surface area contributed by atoms with E-state index in [0.29, 0.717) is 0 Å². The first-order chi connectivity index (χ1) is 5.35. The largest absolute Gasteiger partial charge is 0.411 e. The number of hydrogen-bond donors (Lipinski definition) is 1. The maximum absolute atomic E-state index is 8.47. The molecule has 0 saturated carbocycles. The summed E-state index contributed by atoms with van der Waals surface area (Å²) >= 11 is 0. The lowest BCUT2D eigenvalue weighted by Gasteiger charge is -1.99. The Balaban J connectivity index is 3.22. The number of hydrogen-bond acceptors (Lipinski definition) is 2. The number of oxime groups is 1. The maximum atomic E-state index is 8.47. The van der Waals surface area contributed by atoms with E-state index in [1.165, 1.54) is 25.7 Å². The van der Waals surface area contributed by atoms with Crippen molar-refractivity contribution in [1.82, 2.24) is 0 Å². The summed E-state index contributed by atoms with van der Waals surface area (Å²) in [6.07, 6.45) is 6.83. The second-order valence-corrected chi connectivity index (χ2v) is 2.83. The predicted molar refractivity (Wildman–Crippen MR) is 48.3 cm³/mol. The zero-order chi connectivity index (χ0) is 8.53. The third-order valence-electron chi connectivity index (χ3n) is 1.87. The minimum absolute atomic E-state index is 0.878. The van der Waals surface area contributed by atoms with E-state index in [1.54, 1.807) is 0 Å². The van der Waals surface area contributed by atoms with Crippen LogP contribution in [0.3, 0.4) is 0 Å². The van der Waals surface area contributed by atoms with Crippen LogP contribution in [0.4, 0.5) is 0 Å². The van der Waals surface area contributed by atoms with E-state index >= 15 is 0 Å². The number of unbranched alkanes of at least 4 members (excludes halogenated alkanes) is 3. The quantitative estimate of drug-likeness (QED) is 0.273. The van der Waals surface area contributed by atoms with Crippen molar-refractivity contribution in [3.8, 4) is 0 Å². The summed E-state index contributed by atoms with van der Waals surface area (Å²) in [6.45, 7) is 4.22. The van der Waals surface area contributed by atoms with Gasteiger partial charge in [0.15, 0.2) is 0 Å². The van der Waals surface area contributed by atoms with E-state index in [-0.39, 0.29) is 0 Å². The van der Waals surface area contributed by atoms with E-state index in [4.69, 9.17) is 5.21 Å². The van der Waals surface area contributed by atoms with Gasteiger partial charge in [0.2, 0.25) is 0 Å². The third-order valence-corrected chi connectivity index (χ3v) is 1.87. The van der Waals surface area contributed by atoms with Crippen LogP contribution in [0.5, 0.6) is 0 Å². The van der Waals surface area contributed by atoms with Crippen LogP contribution in [-0.4, -0.2) is 10.9 Å². The molecule has 0 aromatic heterocycles. The molecule has 0 radical (unpaired) electrons. The molecular weight excluding hydrogens is 138 g/mol. The summed E-state index contributed by atoms with van der Waals surface area (Å²) in [4.78, 5) is 0. The molecular formula is C9H19NO. The smallest absolute Gasteiger partial charge is 0.0568 e. The van der Waals surface area contributed by atoms with Crippen LogP contribution in [0.2, 0.25) is 0 Å². The SMILES string of the molecule is CCCCCC/C(CC)=N\O. The highest BCUT2D eigenvalue weighted by Crippen LogP contribution is 2.04. The van der Waals surface area contributed by atoms with Crippen molar-refractivity contribution in [3.63, 3.8) is 0 Å². The van der Waals surface area contributed by atoms with Gasteiger partial charge in [0.05, 0.1) is 5.71 Å². The van der Waals surface area contributed by atoms with Crippen molar-refractivity contribution in [1.29, 1.82) is 0 Å². The topological polar surface area (TPSA) is 32.6 Å². The normalized spacial score (nSPS) is 12.0. The predicted octanol–water partition coefficient (Wildman–Crippen LogP) is 3.20.